The zero-order chi connectivity index (χ0) is 8.10. The maximum Gasteiger partial charge on any atom is 0.154 e. The van der Waals surface area contributed by atoms with Gasteiger partial charge in [-0.05, 0) is 12.2 Å². The average molecular weight is 146 g/mol. The van der Waals surface area contributed by atoms with E-state index in [1.54, 1.807) is 19.3 Å². The highest BCUT2D eigenvalue weighted by molar-refractivity contribution is 6.08. The molecule has 0 aromatic carbocycles. The van der Waals surface area contributed by atoms with Gasteiger partial charge in [-0.2, -0.15) is 0 Å². The maximum absolute atomic E-state index is 4.07. The third kappa shape index (κ3) is 1.74. The van der Waals surface area contributed by atoms with Crippen LogP contribution in [0.15, 0.2) is 46.4 Å². The molecule has 0 aliphatic carbocycles. The van der Waals surface area contributed by atoms with Crippen molar-refractivity contribution in [2.75, 3.05) is 7.05 Å². The predicted octanol–water partition coefficient (Wildman–Crippen LogP) is 1.77. The van der Waals surface area contributed by atoms with Gasteiger partial charge in [0.05, 0.1) is 0 Å². The van der Waals surface area contributed by atoms with Crippen molar-refractivity contribution in [1.29, 1.82) is 0 Å². The summed E-state index contributed by atoms with van der Waals surface area (Å²) in [5, 5.41) is 0. The summed E-state index contributed by atoms with van der Waals surface area (Å²) >= 11 is 0. The molecule has 1 aliphatic rings. The van der Waals surface area contributed by atoms with E-state index >= 15 is 0 Å². The Balaban J connectivity index is 2.97. The number of nitrogens with zero attached hydrogens (tertiary/aromatic N) is 2. The van der Waals surface area contributed by atoms with Crippen LogP contribution in [-0.4, -0.2) is 19.1 Å². The molecule has 1 aliphatic heterocycles. The molecule has 0 spiro atoms. The van der Waals surface area contributed by atoms with E-state index in [0.717, 1.165) is 11.4 Å². The Morgan fingerprint density at radius 1 is 1.64 bits per heavy atom. The molecule has 0 N–H and O–H groups in total. The first-order chi connectivity index (χ1) is 5.38. The fourth-order valence-electron chi connectivity index (χ4n) is 0.853. The summed E-state index contributed by atoms with van der Waals surface area (Å²) in [5.74, 6) is 0.757. The zero-order valence-corrected chi connectivity index (χ0v) is 6.49. The van der Waals surface area contributed by atoms with E-state index in [1.165, 1.54) is 0 Å². The van der Waals surface area contributed by atoms with Crippen LogP contribution in [0.2, 0.25) is 0 Å². The highest BCUT2D eigenvalue weighted by atomic mass is 14.9. The summed E-state index contributed by atoms with van der Waals surface area (Å²) in [6, 6.07) is 0. The Bertz CT molecular complexity index is 267. The van der Waals surface area contributed by atoms with Crippen molar-refractivity contribution >= 4 is 12.1 Å². The van der Waals surface area contributed by atoms with Gasteiger partial charge in [0.15, 0.2) is 5.84 Å². The van der Waals surface area contributed by atoms with Gasteiger partial charge >= 0.3 is 0 Å². The summed E-state index contributed by atoms with van der Waals surface area (Å²) in [6.45, 7) is 3.61. The minimum absolute atomic E-state index is 0.757. The van der Waals surface area contributed by atoms with Gasteiger partial charge in [0.1, 0.15) is 0 Å². The lowest BCUT2D eigenvalue weighted by atomic mass is 10.2. The maximum atomic E-state index is 4.07. The molecule has 11 heavy (non-hydrogen) atoms. The summed E-state index contributed by atoms with van der Waals surface area (Å²) in [6.07, 6.45) is 9.17. The van der Waals surface area contributed by atoms with E-state index in [2.05, 4.69) is 16.6 Å². The van der Waals surface area contributed by atoms with Gasteiger partial charge < -0.3 is 0 Å². The number of amidine groups is 1. The highest BCUT2D eigenvalue weighted by Crippen LogP contribution is 2.05. The van der Waals surface area contributed by atoms with Crippen molar-refractivity contribution in [2.45, 2.75) is 0 Å². The Hall–Kier alpha value is -1.44. The molecule has 0 saturated carbocycles. The van der Waals surface area contributed by atoms with Gasteiger partial charge in [0.2, 0.25) is 0 Å². The van der Waals surface area contributed by atoms with Crippen LogP contribution in [0.4, 0.5) is 0 Å². The first-order valence-electron chi connectivity index (χ1n) is 3.39. The molecule has 1 rings (SSSR count). The van der Waals surface area contributed by atoms with Crippen LogP contribution in [-0.2, 0) is 0 Å². The lowest BCUT2D eigenvalue weighted by Gasteiger charge is -2.02. The summed E-state index contributed by atoms with van der Waals surface area (Å²) < 4.78 is 0. The second-order valence-corrected chi connectivity index (χ2v) is 2.04. The second kappa shape index (κ2) is 3.66. The molecular formula is C9H10N2. The molecule has 0 fully saturated rings. The number of dihydropyridines is 1. The van der Waals surface area contributed by atoms with E-state index in [4.69, 9.17) is 0 Å². The smallest absolute Gasteiger partial charge is 0.154 e. The van der Waals surface area contributed by atoms with Gasteiger partial charge in [-0.1, -0.05) is 18.7 Å². The summed E-state index contributed by atoms with van der Waals surface area (Å²) in [5.41, 5.74) is 1.00. The van der Waals surface area contributed by atoms with Crippen LogP contribution in [0.3, 0.4) is 0 Å². The van der Waals surface area contributed by atoms with Crippen LogP contribution in [0, 0.1) is 0 Å². The van der Waals surface area contributed by atoms with Gasteiger partial charge in [0.25, 0.3) is 0 Å². The van der Waals surface area contributed by atoms with Gasteiger partial charge in [-0.3, -0.25) is 4.99 Å². The molecule has 0 radical (unpaired) electrons. The lowest BCUT2D eigenvalue weighted by molar-refractivity contribution is 1.39. The molecule has 0 bridgehead atoms. The van der Waals surface area contributed by atoms with E-state index in [-0.39, 0.29) is 0 Å². The molecule has 2 nitrogen and oxygen atoms in total. The first-order valence-corrected chi connectivity index (χ1v) is 3.39. The van der Waals surface area contributed by atoms with Crippen LogP contribution < -0.4 is 0 Å². The molecular weight excluding hydrogens is 136 g/mol. The molecule has 0 unspecified atom stereocenters. The molecule has 0 amide bonds. The van der Waals surface area contributed by atoms with Gasteiger partial charge in [0, 0.05) is 18.8 Å². The Kier molecular flexibility index (Phi) is 2.55. The van der Waals surface area contributed by atoms with E-state index in [9.17, 15) is 0 Å². The van der Waals surface area contributed by atoms with Crippen LogP contribution >= 0.6 is 0 Å². The topological polar surface area (TPSA) is 24.7 Å². The molecule has 2 heteroatoms. The third-order valence-corrected chi connectivity index (χ3v) is 1.33. The normalized spacial score (nSPS) is 23.0. The molecule has 56 valence electrons. The van der Waals surface area contributed by atoms with E-state index in [1.807, 2.05) is 18.2 Å². The standard InChI is InChI=1S/C9H10N2/c1-3-5-8-6-4-7-11-9(8)10-2/h3-7H,1H2,2H3/b8-5-,10-9?. The van der Waals surface area contributed by atoms with Crippen molar-refractivity contribution in [3.05, 3.63) is 36.5 Å². The van der Waals surface area contributed by atoms with Crippen molar-refractivity contribution in [3.8, 4) is 0 Å². The molecule has 0 aromatic rings. The second-order valence-electron chi connectivity index (χ2n) is 2.04. The Morgan fingerprint density at radius 2 is 2.45 bits per heavy atom. The predicted molar refractivity (Wildman–Crippen MR) is 49.3 cm³/mol. The minimum Gasteiger partial charge on any atom is -0.270 e. The van der Waals surface area contributed by atoms with E-state index < -0.39 is 0 Å². The molecule has 0 aromatic heterocycles. The number of rotatable bonds is 1. The van der Waals surface area contributed by atoms with Gasteiger partial charge in [-0.15, -0.1) is 0 Å². The fraction of sp³-hybridized carbons (Fsp3) is 0.111. The number of aliphatic imine (C=N–C) groups is 2. The van der Waals surface area contributed by atoms with Crippen LogP contribution in [0.5, 0.6) is 0 Å². The van der Waals surface area contributed by atoms with Crippen LogP contribution in [0.1, 0.15) is 0 Å². The Morgan fingerprint density at radius 3 is 3.09 bits per heavy atom. The number of hydrogen-bond acceptors (Lipinski definition) is 1. The summed E-state index contributed by atoms with van der Waals surface area (Å²) in [7, 11) is 1.72. The van der Waals surface area contributed by atoms with Crippen LogP contribution in [0.25, 0.3) is 0 Å². The molecule has 0 atom stereocenters. The lowest BCUT2D eigenvalue weighted by Crippen LogP contribution is -2.00. The monoisotopic (exact) mass is 146 g/mol. The van der Waals surface area contributed by atoms with Crippen molar-refractivity contribution in [1.82, 2.24) is 0 Å². The largest absolute Gasteiger partial charge is 0.270 e. The van der Waals surface area contributed by atoms with E-state index in [0.29, 0.717) is 0 Å². The van der Waals surface area contributed by atoms with Gasteiger partial charge in [-0.25, -0.2) is 4.99 Å². The Labute approximate surface area is 66.4 Å². The zero-order valence-electron chi connectivity index (χ0n) is 6.49. The van der Waals surface area contributed by atoms with Crippen molar-refractivity contribution in [3.63, 3.8) is 0 Å². The summed E-state index contributed by atoms with van der Waals surface area (Å²) in [4.78, 5) is 8.07. The van der Waals surface area contributed by atoms with Crippen molar-refractivity contribution < 1.29 is 0 Å². The number of hydrogen-bond donors (Lipinski definition) is 0. The third-order valence-electron chi connectivity index (χ3n) is 1.33. The molecule has 0 saturated heterocycles. The quantitative estimate of drug-likeness (QED) is 0.538. The highest BCUT2D eigenvalue weighted by Gasteiger charge is 2.01. The minimum atomic E-state index is 0.757. The fourth-order valence-corrected chi connectivity index (χ4v) is 0.853. The SMILES string of the molecule is C=C/C=C1/C=CC=NC1=NC. The number of allylic oxidation sites excluding steroid dienone is 3. The molecule has 1 heterocycles. The average Bonchev–Trinajstić information content (AvgIpc) is 2.06. The first kappa shape index (κ1) is 7.66. The van der Waals surface area contributed by atoms with Crippen molar-refractivity contribution in [2.24, 2.45) is 9.98 Å².